The summed E-state index contributed by atoms with van der Waals surface area (Å²) in [5.41, 5.74) is 2.41. The van der Waals surface area contributed by atoms with Gasteiger partial charge in [-0.2, -0.15) is 0 Å². The molecule has 5 nitrogen and oxygen atoms in total. The van der Waals surface area contributed by atoms with E-state index in [4.69, 9.17) is 0 Å². The first-order chi connectivity index (χ1) is 14.7. The van der Waals surface area contributed by atoms with Crippen molar-refractivity contribution in [3.05, 3.63) is 78.9 Å². The molecular weight excluding hydrogens is 392 g/mol. The minimum Gasteiger partial charge on any atom is -0.354 e. The molecular formula is C24H26N4OS. The summed E-state index contributed by atoms with van der Waals surface area (Å²) in [6, 6.07) is 20.5. The first-order valence-electron chi connectivity index (χ1n) is 10.3. The lowest BCUT2D eigenvalue weighted by Crippen LogP contribution is -2.46. The number of aromatic nitrogens is 3. The first-order valence-corrected chi connectivity index (χ1v) is 11.2. The molecule has 1 aliphatic rings. The fraction of sp³-hybridized carbons (Fsp3) is 0.292. The van der Waals surface area contributed by atoms with Gasteiger partial charge in [-0.15, -0.1) is 16.8 Å². The Labute approximate surface area is 181 Å². The van der Waals surface area contributed by atoms with Gasteiger partial charge in [-0.05, 0) is 18.4 Å². The summed E-state index contributed by atoms with van der Waals surface area (Å²) in [6.07, 6.45) is 5.28. The number of allylic oxidation sites excluding steroid dienone is 1. The minimum atomic E-state index is 0.0246. The van der Waals surface area contributed by atoms with Crippen molar-refractivity contribution < 1.29 is 4.79 Å². The zero-order chi connectivity index (χ0) is 20.8. The van der Waals surface area contributed by atoms with Crippen LogP contribution in [0.2, 0.25) is 0 Å². The van der Waals surface area contributed by atoms with Gasteiger partial charge in [0, 0.05) is 24.1 Å². The van der Waals surface area contributed by atoms with Crippen LogP contribution in [-0.2, 0) is 16.8 Å². The van der Waals surface area contributed by atoms with Crippen LogP contribution in [0.5, 0.6) is 0 Å². The van der Waals surface area contributed by atoms with Gasteiger partial charge in [0.2, 0.25) is 5.91 Å². The third-order valence-corrected chi connectivity index (χ3v) is 6.68. The molecule has 1 heterocycles. The van der Waals surface area contributed by atoms with E-state index in [1.165, 1.54) is 23.7 Å². The van der Waals surface area contributed by atoms with Crippen LogP contribution >= 0.6 is 11.8 Å². The second kappa shape index (κ2) is 9.30. The Bertz CT molecular complexity index is 997. The van der Waals surface area contributed by atoms with Crippen LogP contribution in [0.1, 0.15) is 24.8 Å². The maximum atomic E-state index is 12.6. The molecule has 0 saturated heterocycles. The lowest BCUT2D eigenvalue weighted by Gasteiger charge is -2.42. The van der Waals surface area contributed by atoms with Gasteiger partial charge < -0.3 is 5.32 Å². The molecule has 0 atom stereocenters. The molecule has 0 radical (unpaired) electrons. The molecule has 6 heteroatoms. The number of hydrogen-bond donors (Lipinski definition) is 1. The van der Waals surface area contributed by atoms with E-state index in [0.29, 0.717) is 18.8 Å². The minimum absolute atomic E-state index is 0.0246. The second-order valence-corrected chi connectivity index (χ2v) is 8.58. The summed E-state index contributed by atoms with van der Waals surface area (Å²) in [5.74, 6) is 1.13. The van der Waals surface area contributed by atoms with Crippen molar-refractivity contribution in [1.29, 1.82) is 0 Å². The number of carbonyl (C=O) groups is 1. The summed E-state index contributed by atoms with van der Waals surface area (Å²) in [7, 11) is 0. The van der Waals surface area contributed by atoms with Crippen molar-refractivity contribution in [2.75, 3.05) is 12.3 Å². The normalized spacial score (nSPS) is 14.7. The van der Waals surface area contributed by atoms with Gasteiger partial charge in [0.05, 0.1) is 5.75 Å². The highest BCUT2D eigenvalue weighted by molar-refractivity contribution is 7.99. The zero-order valence-corrected chi connectivity index (χ0v) is 17.8. The van der Waals surface area contributed by atoms with E-state index in [-0.39, 0.29) is 11.3 Å². The number of amides is 1. The van der Waals surface area contributed by atoms with Crippen molar-refractivity contribution >= 4 is 17.7 Å². The van der Waals surface area contributed by atoms with E-state index < -0.39 is 0 Å². The summed E-state index contributed by atoms with van der Waals surface area (Å²) >= 11 is 1.41. The highest BCUT2D eigenvalue weighted by Gasteiger charge is 2.38. The fourth-order valence-electron chi connectivity index (χ4n) is 3.90. The molecule has 3 aromatic rings. The van der Waals surface area contributed by atoms with Gasteiger partial charge in [-0.1, -0.05) is 84.9 Å². The Morgan fingerprint density at radius 1 is 1.10 bits per heavy atom. The lowest BCUT2D eigenvalue weighted by molar-refractivity contribution is -0.119. The van der Waals surface area contributed by atoms with Gasteiger partial charge in [0.15, 0.2) is 11.0 Å². The second-order valence-electron chi connectivity index (χ2n) is 7.64. The van der Waals surface area contributed by atoms with Gasteiger partial charge in [0.1, 0.15) is 0 Å². The van der Waals surface area contributed by atoms with Crippen LogP contribution in [0, 0.1) is 0 Å². The molecule has 1 fully saturated rings. The Balaban J connectivity index is 1.38. The zero-order valence-electron chi connectivity index (χ0n) is 17.0. The molecule has 1 N–H and O–H groups in total. The number of thioether (sulfide) groups is 1. The predicted molar refractivity (Wildman–Crippen MR) is 121 cm³/mol. The molecule has 0 unspecified atom stereocenters. The van der Waals surface area contributed by atoms with Crippen LogP contribution in [0.3, 0.4) is 0 Å². The number of nitrogens with zero attached hydrogens (tertiary/aromatic N) is 3. The van der Waals surface area contributed by atoms with Crippen LogP contribution in [0.15, 0.2) is 78.5 Å². The predicted octanol–water partition coefficient (Wildman–Crippen LogP) is 4.46. The summed E-state index contributed by atoms with van der Waals surface area (Å²) < 4.78 is 2.00. The molecule has 1 amide bonds. The van der Waals surface area contributed by atoms with E-state index >= 15 is 0 Å². The van der Waals surface area contributed by atoms with Crippen LogP contribution in [0.25, 0.3) is 11.4 Å². The Morgan fingerprint density at radius 2 is 1.80 bits per heavy atom. The molecule has 1 aliphatic carbocycles. The molecule has 30 heavy (non-hydrogen) atoms. The Morgan fingerprint density at radius 3 is 2.43 bits per heavy atom. The molecule has 0 spiro atoms. The largest absolute Gasteiger partial charge is 0.354 e. The number of hydrogen-bond acceptors (Lipinski definition) is 4. The summed E-state index contributed by atoms with van der Waals surface area (Å²) in [4.78, 5) is 12.6. The van der Waals surface area contributed by atoms with E-state index in [9.17, 15) is 4.79 Å². The van der Waals surface area contributed by atoms with Crippen LogP contribution in [-0.4, -0.2) is 33.0 Å². The molecule has 2 aromatic carbocycles. The third kappa shape index (κ3) is 4.33. The molecule has 1 saturated carbocycles. The van der Waals surface area contributed by atoms with Crippen molar-refractivity contribution in [1.82, 2.24) is 20.1 Å². The molecule has 1 aromatic heterocycles. The first kappa shape index (κ1) is 20.4. The number of benzene rings is 2. The maximum Gasteiger partial charge on any atom is 0.230 e. The van der Waals surface area contributed by atoms with Crippen molar-refractivity contribution in [3.63, 3.8) is 0 Å². The standard InChI is InChI=1S/C24H26N4OS/c1-2-16-28-22(19-10-5-3-6-11-19)26-27-23(28)30-17-21(29)25-18-24(14-9-15-24)20-12-7-4-8-13-20/h2-8,10-13H,1,9,14-18H2,(H,25,29). The number of rotatable bonds is 9. The molecule has 4 rings (SSSR count). The monoisotopic (exact) mass is 418 g/mol. The number of nitrogens with one attached hydrogen (secondary N) is 1. The molecule has 0 aliphatic heterocycles. The summed E-state index contributed by atoms with van der Waals surface area (Å²) in [5, 5.41) is 12.5. The van der Waals surface area contributed by atoms with Gasteiger partial charge in [0.25, 0.3) is 0 Å². The van der Waals surface area contributed by atoms with Gasteiger partial charge >= 0.3 is 0 Å². The van der Waals surface area contributed by atoms with Gasteiger partial charge in [-0.3, -0.25) is 9.36 Å². The maximum absolute atomic E-state index is 12.6. The quantitative estimate of drug-likeness (QED) is 0.412. The number of carbonyl (C=O) groups excluding carboxylic acids is 1. The van der Waals surface area contributed by atoms with Crippen molar-refractivity contribution in [2.24, 2.45) is 0 Å². The van der Waals surface area contributed by atoms with Crippen LogP contribution in [0.4, 0.5) is 0 Å². The van der Waals surface area contributed by atoms with E-state index in [1.807, 2.05) is 47.0 Å². The smallest absolute Gasteiger partial charge is 0.230 e. The molecule has 154 valence electrons. The highest BCUT2D eigenvalue weighted by Crippen LogP contribution is 2.43. The lowest BCUT2D eigenvalue weighted by atomic mass is 9.64. The Kier molecular flexibility index (Phi) is 6.33. The van der Waals surface area contributed by atoms with Crippen molar-refractivity contribution in [2.45, 2.75) is 36.4 Å². The SMILES string of the molecule is C=CCn1c(SCC(=O)NCC2(c3ccccc3)CCC2)nnc1-c1ccccc1. The van der Waals surface area contributed by atoms with E-state index in [0.717, 1.165) is 29.4 Å². The Hall–Kier alpha value is -2.86. The topological polar surface area (TPSA) is 59.8 Å². The molecule has 0 bridgehead atoms. The van der Waals surface area contributed by atoms with Crippen LogP contribution < -0.4 is 5.32 Å². The van der Waals surface area contributed by atoms with Crippen molar-refractivity contribution in [3.8, 4) is 11.4 Å². The van der Waals surface area contributed by atoms with Gasteiger partial charge in [-0.25, -0.2) is 0 Å². The average molecular weight is 419 g/mol. The van der Waals surface area contributed by atoms with E-state index in [2.05, 4.69) is 46.4 Å². The average Bonchev–Trinajstić information content (AvgIpc) is 3.16. The summed E-state index contributed by atoms with van der Waals surface area (Å²) in [6.45, 7) is 5.12. The fourth-order valence-corrected chi connectivity index (χ4v) is 4.68. The van der Waals surface area contributed by atoms with E-state index in [1.54, 1.807) is 0 Å². The highest BCUT2D eigenvalue weighted by atomic mass is 32.2. The third-order valence-electron chi connectivity index (χ3n) is 5.71.